The molecule has 2 aromatic carbocycles. The molecule has 0 saturated carbocycles. The number of carbonyl (C=O) groups excluding carboxylic acids is 2. The first-order chi connectivity index (χ1) is 14.0. The van der Waals surface area contributed by atoms with Gasteiger partial charge in [-0.15, -0.1) is 0 Å². The molecule has 0 aromatic heterocycles. The smallest absolute Gasteiger partial charge is 0.295 e. The summed E-state index contributed by atoms with van der Waals surface area (Å²) in [6.07, 6.45) is 1.62. The van der Waals surface area contributed by atoms with Crippen LogP contribution in [0.15, 0.2) is 54.1 Å². The average Bonchev–Trinajstić information content (AvgIpc) is 3.31. The Kier molecular flexibility index (Phi) is 5.63. The van der Waals surface area contributed by atoms with E-state index in [0.29, 0.717) is 27.8 Å². The minimum Gasteiger partial charge on any atom is -0.507 e. The van der Waals surface area contributed by atoms with Crippen LogP contribution in [0, 0.1) is 0 Å². The summed E-state index contributed by atoms with van der Waals surface area (Å²) in [7, 11) is 0. The molecule has 2 heterocycles. The molecule has 2 aliphatic heterocycles. The van der Waals surface area contributed by atoms with Crippen LogP contribution < -0.4 is 0 Å². The molecule has 150 valence electrons. The number of hydrogen-bond donors (Lipinski definition) is 1. The van der Waals surface area contributed by atoms with Crippen LogP contribution in [0.2, 0.25) is 10.0 Å². The molecule has 2 aromatic rings. The molecule has 5 nitrogen and oxygen atoms in total. The topological polar surface area (TPSA) is 66.8 Å². The molecule has 0 radical (unpaired) electrons. The van der Waals surface area contributed by atoms with E-state index < -0.39 is 17.7 Å². The fourth-order valence-electron chi connectivity index (χ4n) is 3.83. The van der Waals surface area contributed by atoms with Gasteiger partial charge in [0.1, 0.15) is 5.76 Å². The highest BCUT2D eigenvalue weighted by molar-refractivity contribution is 6.46. The van der Waals surface area contributed by atoms with Gasteiger partial charge in [-0.25, -0.2) is 0 Å². The maximum absolute atomic E-state index is 12.9. The van der Waals surface area contributed by atoms with Crippen molar-refractivity contribution in [2.24, 2.45) is 0 Å². The van der Waals surface area contributed by atoms with Crippen LogP contribution >= 0.6 is 23.2 Å². The van der Waals surface area contributed by atoms with Gasteiger partial charge in [-0.2, -0.15) is 0 Å². The quantitative estimate of drug-likeness (QED) is 0.436. The Morgan fingerprint density at radius 1 is 1.03 bits per heavy atom. The van der Waals surface area contributed by atoms with Crippen LogP contribution in [0.3, 0.4) is 0 Å². The third-order valence-electron chi connectivity index (χ3n) is 5.27. The second kappa shape index (κ2) is 8.19. The van der Waals surface area contributed by atoms with Gasteiger partial charge in [0, 0.05) is 28.8 Å². The van der Waals surface area contributed by atoms with Crippen LogP contribution in [-0.2, 0) is 14.3 Å². The van der Waals surface area contributed by atoms with Gasteiger partial charge in [0.25, 0.3) is 11.7 Å². The van der Waals surface area contributed by atoms with Gasteiger partial charge in [-0.1, -0.05) is 35.3 Å². The zero-order valence-electron chi connectivity index (χ0n) is 15.5. The van der Waals surface area contributed by atoms with Gasteiger partial charge in [0.2, 0.25) is 0 Å². The summed E-state index contributed by atoms with van der Waals surface area (Å²) in [6, 6.07) is 12.7. The number of ether oxygens (including phenoxy) is 1. The molecular weight excluding hydrogens is 413 g/mol. The molecule has 4 rings (SSSR count). The van der Waals surface area contributed by atoms with Gasteiger partial charge >= 0.3 is 0 Å². The first kappa shape index (κ1) is 20.0. The van der Waals surface area contributed by atoms with E-state index in [1.807, 2.05) is 0 Å². The molecule has 2 unspecified atom stereocenters. The lowest BCUT2D eigenvalue weighted by atomic mass is 9.95. The predicted molar refractivity (Wildman–Crippen MR) is 111 cm³/mol. The van der Waals surface area contributed by atoms with Crippen molar-refractivity contribution in [1.82, 2.24) is 4.90 Å². The maximum atomic E-state index is 12.9. The third-order valence-corrected chi connectivity index (χ3v) is 5.77. The highest BCUT2D eigenvalue weighted by atomic mass is 35.5. The monoisotopic (exact) mass is 431 g/mol. The first-order valence-electron chi connectivity index (χ1n) is 9.37. The number of benzene rings is 2. The van der Waals surface area contributed by atoms with Gasteiger partial charge in [-0.05, 0) is 54.8 Å². The number of rotatable bonds is 4. The standard InChI is InChI=1S/C22H19Cl2NO4/c23-15-7-3-13(4-8-15)19-18(20(26)14-5-9-16(24)10-6-14)21(27)22(28)25(19)12-17-2-1-11-29-17/h3-10,17,19,26H,1-2,11-12H2/b20-18+. The lowest BCUT2D eigenvalue weighted by molar-refractivity contribution is -0.140. The first-order valence-corrected chi connectivity index (χ1v) is 10.1. The number of aliphatic hydroxyl groups is 1. The molecule has 2 aliphatic rings. The number of hydrogen-bond acceptors (Lipinski definition) is 4. The number of halogens is 2. The summed E-state index contributed by atoms with van der Waals surface area (Å²) < 4.78 is 5.68. The molecule has 29 heavy (non-hydrogen) atoms. The second-order valence-corrected chi connectivity index (χ2v) is 8.02. The zero-order valence-corrected chi connectivity index (χ0v) is 17.0. The molecule has 0 bridgehead atoms. The Morgan fingerprint density at radius 3 is 2.24 bits per heavy atom. The predicted octanol–water partition coefficient (Wildman–Crippen LogP) is 4.59. The summed E-state index contributed by atoms with van der Waals surface area (Å²) in [5.74, 6) is -1.58. The van der Waals surface area contributed by atoms with Crippen molar-refractivity contribution in [1.29, 1.82) is 0 Å². The van der Waals surface area contributed by atoms with Crippen molar-refractivity contribution in [3.05, 3.63) is 75.3 Å². The second-order valence-electron chi connectivity index (χ2n) is 7.14. The lowest BCUT2D eigenvalue weighted by Crippen LogP contribution is -2.36. The van der Waals surface area contributed by atoms with Crippen molar-refractivity contribution >= 4 is 40.7 Å². The van der Waals surface area contributed by atoms with Crippen LogP contribution in [0.5, 0.6) is 0 Å². The lowest BCUT2D eigenvalue weighted by Gasteiger charge is -2.27. The maximum Gasteiger partial charge on any atom is 0.295 e. The van der Waals surface area contributed by atoms with Gasteiger partial charge in [-0.3, -0.25) is 9.59 Å². The van der Waals surface area contributed by atoms with Crippen LogP contribution in [0.4, 0.5) is 0 Å². The summed E-state index contributed by atoms with van der Waals surface area (Å²) in [5.41, 5.74) is 1.17. The molecule has 1 N–H and O–H groups in total. The number of ketones is 1. The molecule has 2 saturated heterocycles. The minimum absolute atomic E-state index is 0.0534. The average molecular weight is 432 g/mol. The van der Waals surface area contributed by atoms with Crippen molar-refractivity contribution < 1.29 is 19.4 Å². The largest absolute Gasteiger partial charge is 0.507 e. The van der Waals surface area contributed by atoms with E-state index in [2.05, 4.69) is 0 Å². The number of nitrogens with zero attached hydrogens (tertiary/aromatic N) is 1. The third kappa shape index (κ3) is 3.90. The number of amides is 1. The molecule has 0 aliphatic carbocycles. The van der Waals surface area contributed by atoms with E-state index >= 15 is 0 Å². The SMILES string of the molecule is O=C1C(=O)N(CC2CCCO2)C(c2ccc(Cl)cc2)/C1=C(\O)c1ccc(Cl)cc1. The Hall–Kier alpha value is -2.34. The van der Waals surface area contributed by atoms with E-state index in [1.165, 1.54) is 4.90 Å². The van der Waals surface area contributed by atoms with E-state index in [4.69, 9.17) is 27.9 Å². The Balaban J connectivity index is 1.81. The Labute approximate surface area is 178 Å². The molecule has 7 heteroatoms. The van der Waals surface area contributed by atoms with E-state index in [0.717, 1.165) is 12.8 Å². The van der Waals surface area contributed by atoms with Gasteiger partial charge in [0.05, 0.1) is 17.7 Å². The molecular formula is C22H19Cl2NO4. The summed E-state index contributed by atoms with van der Waals surface area (Å²) in [4.78, 5) is 27.3. The molecule has 2 atom stereocenters. The highest BCUT2D eigenvalue weighted by Gasteiger charge is 2.47. The molecule has 0 spiro atoms. The van der Waals surface area contributed by atoms with Crippen molar-refractivity contribution in [2.45, 2.75) is 25.0 Å². The van der Waals surface area contributed by atoms with E-state index in [1.54, 1.807) is 48.5 Å². The van der Waals surface area contributed by atoms with Crippen molar-refractivity contribution in [3.63, 3.8) is 0 Å². The fraction of sp³-hybridized carbons (Fsp3) is 0.273. The number of Topliss-reactive ketones (excluding diaryl/α,β-unsaturated/α-hetero) is 1. The summed E-state index contributed by atoms with van der Waals surface area (Å²) in [5, 5.41) is 12.0. The van der Waals surface area contributed by atoms with Gasteiger partial charge < -0.3 is 14.7 Å². The van der Waals surface area contributed by atoms with Crippen molar-refractivity contribution in [2.75, 3.05) is 13.2 Å². The number of carbonyl (C=O) groups is 2. The van der Waals surface area contributed by atoms with E-state index in [9.17, 15) is 14.7 Å². The van der Waals surface area contributed by atoms with E-state index in [-0.39, 0.29) is 24.0 Å². The number of aliphatic hydroxyl groups excluding tert-OH is 1. The van der Waals surface area contributed by atoms with Crippen molar-refractivity contribution in [3.8, 4) is 0 Å². The van der Waals surface area contributed by atoms with Crippen LogP contribution in [0.1, 0.15) is 30.0 Å². The zero-order chi connectivity index (χ0) is 20.5. The van der Waals surface area contributed by atoms with Gasteiger partial charge in [0.15, 0.2) is 0 Å². The van der Waals surface area contributed by atoms with Crippen LogP contribution in [-0.4, -0.2) is 41.0 Å². The summed E-state index contributed by atoms with van der Waals surface area (Å²) >= 11 is 11.9. The van der Waals surface area contributed by atoms with Crippen LogP contribution in [0.25, 0.3) is 5.76 Å². The minimum atomic E-state index is -0.716. The normalized spacial score (nSPS) is 23.7. The highest BCUT2D eigenvalue weighted by Crippen LogP contribution is 2.40. The summed E-state index contributed by atoms with van der Waals surface area (Å²) in [6.45, 7) is 0.931. The number of likely N-dealkylation sites (tertiary alicyclic amines) is 1. The molecule has 1 amide bonds. The Bertz CT molecular complexity index is 963. The Morgan fingerprint density at radius 2 is 1.66 bits per heavy atom. The molecule has 2 fully saturated rings. The fourth-order valence-corrected chi connectivity index (χ4v) is 4.08.